The van der Waals surface area contributed by atoms with Crippen LogP contribution < -0.4 is 18.0 Å². The first-order chi connectivity index (χ1) is 4.81. The smallest absolute Gasteiger partial charge is 0.305 e. The molecule has 8 N–H and O–H groups in total. The number of carbonyl (C=O) groups excluding carboxylic acids is 1. The third-order valence-electron chi connectivity index (χ3n) is 1.14. The van der Waals surface area contributed by atoms with Gasteiger partial charge >= 0.3 is 5.97 Å². The maximum Gasteiger partial charge on any atom is 0.305 e. The van der Waals surface area contributed by atoms with E-state index < -0.39 is 0 Å². The van der Waals surface area contributed by atoms with Crippen molar-refractivity contribution in [2.24, 2.45) is 5.73 Å². The van der Waals surface area contributed by atoms with Crippen LogP contribution in [0.1, 0.15) is 26.2 Å². The molecule has 12 heavy (non-hydrogen) atoms. The van der Waals surface area contributed by atoms with E-state index in [-0.39, 0.29) is 18.3 Å². The summed E-state index contributed by atoms with van der Waals surface area (Å²) in [5, 5.41) is 0. The van der Waals surface area contributed by atoms with Gasteiger partial charge < -0.3 is 22.8 Å². The average molecular weight is 179 g/mol. The van der Waals surface area contributed by atoms with Crippen LogP contribution >= 0.6 is 0 Å². The third-order valence-corrected chi connectivity index (χ3v) is 1.14. The van der Waals surface area contributed by atoms with Crippen LogP contribution in [-0.4, -0.2) is 19.1 Å². The summed E-state index contributed by atoms with van der Waals surface area (Å²) in [5.41, 5.74) is 5.24. The molecule has 0 aliphatic carbocycles. The van der Waals surface area contributed by atoms with Crippen molar-refractivity contribution < 1.29 is 9.53 Å². The molecule has 0 rings (SSSR count). The molecule has 0 atom stereocenters. The lowest BCUT2D eigenvalue weighted by Crippen LogP contribution is -2.05. The first kappa shape index (κ1) is 17.4. The molecule has 76 valence electrons. The van der Waals surface area contributed by atoms with Gasteiger partial charge in [-0.05, 0) is 26.3 Å². The first-order valence-corrected chi connectivity index (χ1v) is 3.67. The predicted molar refractivity (Wildman–Crippen MR) is 49.6 cm³/mol. The van der Waals surface area contributed by atoms with E-state index in [1.807, 2.05) is 0 Å². The Labute approximate surface area is 73.8 Å². The maximum atomic E-state index is 10.7. The lowest BCUT2D eigenvalue weighted by molar-refractivity contribution is -0.143. The Kier molecular flexibility index (Phi) is 18.9. The molecule has 0 aliphatic heterocycles. The zero-order chi connectivity index (χ0) is 7.82. The molecule has 0 aliphatic rings. The Bertz CT molecular complexity index is 98.7. The van der Waals surface area contributed by atoms with Crippen molar-refractivity contribution in [3.05, 3.63) is 0 Å². The van der Waals surface area contributed by atoms with Crippen molar-refractivity contribution in [3.8, 4) is 0 Å². The highest BCUT2D eigenvalue weighted by Crippen LogP contribution is 1.95. The fourth-order valence-electron chi connectivity index (χ4n) is 0.647. The number of hydrogen-bond donors (Lipinski definition) is 3. The quantitative estimate of drug-likeness (QED) is 0.429. The molecule has 0 saturated heterocycles. The zero-order valence-corrected chi connectivity index (χ0v) is 7.84. The summed E-state index contributed by atoms with van der Waals surface area (Å²) in [5.74, 6) is -0.115. The van der Waals surface area contributed by atoms with Gasteiger partial charge in [-0.15, -0.1) is 0 Å². The minimum Gasteiger partial charge on any atom is -0.466 e. The van der Waals surface area contributed by atoms with Crippen LogP contribution in [0, 0.1) is 0 Å². The van der Waals surface area contributed by atoms with E-state index >= 15 is 0 Å². The Balaban J connectivity index is -0.000000405. The summed E-state index contributed by atoms with van der Waals surface area (Å²) >= 11 is 0. The van der Waals surface area contributed by atoms with Gasteiger partial charge in [-0.25, -0.2) is 0 Å². The number of nitrogens with two attached hydrogens (primary N) is 1. The van der Waals surface area contributed by atoms with Crippen molar-refractivity contribution in [3.63, 3.8) is 0 Å². The normalized spacial score (nSPS) is 7.83. The first-order valence-electron chi connectivity index (χ1n) is 3.67. The van der Waals surface area contributed by atoms with Crippen molar-refractivity contribution in [1.82, 2.24) is 12.3 Å². The van der Waals surface area contributed by atoms with Gasteiger partial charge in [0.05, 0.1) is 6.61 Å². The van der Waals surface area contributed by atoms with Crippen LogP contribution in [0.5, 0.6) is 0 Å². The highest BCUT2D eigenvalue weighted by Gasteiger charge is 1.98. The molecular formula is C7H21N3O2. The van der Waals surface area contributed by atoms with Gasteiger partial charge in [0.25, 0.3) is 0 Å². The molecule has 0 fully saturated rings. The van der Waals surface area contributed by atoms with Crippen LogP contribution in [0.4, 0.5) is 0 Å². The number of esters is 1. The Hall–Kier alpha value is -0.650. The van der Waals surface area contributed by atoms with Crippen molar-refractivity contribution in [2.45, 2.75) is 26.2 Å². The van der Waals surface area contributed by atoms with Gasteiger partial charge in [0.1, 0.15) is 0 Å². The van der Waals surface area contributed by atoms with Crippen LogP contribution in [0.2, 0.25) is 0 Å². The SMILES string of the molecule is CCOC(=O)CCCCN.N.N. The summed E-state index contributed by atoms with van der Waals surface area (Å²) < 4.78 is 4.71. The van der Waals surface area contributed by atoms with Gasteiger partial charge in [-0.1, -0.05) is 0 Å². The molecule has 0 radical (unpaired) electrons. The fourth-order valence-corrected chi connectivity index (χ4v) is 0.647. The molecule has 0 unspecified atom stereocenters. The van der Waals surface area contributed by atoms with Crippen molar-refractivity contribution in [2.75, 3.05) is 13.2 Å². The van der Waals surface area contributed by atoms with Crippen LogP contribution in [0.3, 0.4) is 0 Å². The molecule has 0 saturated carbocycles. The lowest BCUT2D eigenvalue weighted by atomic mass is 10.2. The Morgan fingerprint density at radius 2 is 1.92 bits per heavy atom. The average Bonchev–Trinajstić information content (AvgIpc) is 1.89. The molecule has 0 aromatic carbocycles. The number of carbonyl (C=O) groups is 1. The number of rotatable bonds is 5. The second-order valence-electron chi connectivity index (χ2n) is 2.05. The van der Waals surface area contributed by atoms with E-state index in [2.05, 4.69) is 0 Å². The lowest BCUT2D eigenvalue weighted by Gasteiger charge is -1.99. The van der Waals surface area contributed by atoms with Gasteiger partial charge in [0.2, 0.25) is 0 Å². The topological polar surface area (TPSA) is 122 Å². The molecule has 0 spiro atoms. The summed E-state index contributed by atoms with van der Waals surface area (Å²) in [4.78, 5) is 10.7. The maximum absolute atomic E-state index is 10.7. The van der Waals surface area contributed by atoms with Gasteiger partial charge in [0.15, 0.2) is 0 Å². The van der Waals surface area contributed by atoms with E-state index in [1.165, 1.54) is 0 Å². The molecule has 0 bridgehead atoms. The van der Waals surface area contributed by atoms with E-state index in [4.69, 9.17) is 10.5 Å². The number of hydrogen-bond acceptors (Lipinski definition) is 5. The largest absolute Gasteiger partial charge is 0.466 e. The van der Waals surface area contributed by atoms with Crippen LogP contribution in [0.25, 0.3) is 0 Å². The summed E-state index contributed by atoms with van der Waals surface area (Å²) in [7, 11) is 0. The fraction of sp³-hybridized carbons (Fsp3) is 0.857. The van der Waals surface area contributed by atoms with Crippen LogP contribution in [-0.2, 0) is 9.53 Å². The van der Waals surface area contributed by atoms with Gasteiger partial charge in [0, 0.05) is 6.42 Å². The summed E-state index contributed by atoms with van der Waals surface area (Å²) in [6.45, 7) is 2.93. The highest BCUT2D eigenvalue weighted by molar-refractivity contribution is 5.69. The predicted octanol–water partition coefficient (Wildman–Crippen LogP) is 1.00. The van der Waals surface area contributed by atoms with Crippen molar-refractivity contribution >= 4 is 5.97 Å². The van der Waals surface area contributed by atoms with Gasteiger partial charge in [-0.3, -0.25) is 4.79 Å². The minimum absolute atomic E-state index is 0. The molecule has 5 nitrogen and oxygen atoms in total. The van der Waals surface area contributed by atoms with E-state index in [0.717, 1.165) is 12.8 Å². The van der Waals surface area contributed by atoms with Gasteiger partial charge in [-0.2, -0.15) is 0 Å². The minimum atomic E-state index is -0.115. The van der Waals surface area contributed by atoms with E-state index in [9.17, 15) is 4.79 Å². The number of ether oxygens (including phenoxy) is 1. The number of unbranched alkanes of at least 4 members (excludes halogenated alkanes) is 1. The Morgan fingerprint density at radius 1 is 1.33 bits per heavy atom. The Morgan fingerprint density at radius 3 is 2.33 bits per heavy atom. The molecule has 0 aromatic rings. The molecular weight excluding hydrogens is 158 g/mol. The van der Waals surface area contributed by atoms with E-state index in [1.54, 1.807) is 6.92 Å². The monoisotopic (exact) mass is 179 g/mol. The van der Waals surface area contributed by atoms with Crippen molar-refractivity contribution in [1.29, 1.82) is 0 Å². The zero-order valence-electron chi connectivity index (χ0n) is 7.84. The van der Waals surface area contributed by atoms with E-state index in [0.29, 0.717) is 19.6 Å². The van der Waals surface area contributed by atoms with Crippen LogP contribution in [0.15, 0.2) is 0 Å². The molecule has 0 amide bonds. The standard InChI is InChI=1S/C7H15NO2.2H3N/c1-2-10-7(9)5-3-4-6-8;;/h2-6,8H2,1H3;2*1H3. The summed E-state index contributed by atoms with van der Waals surface area (Å²) in [6.07, 6.45) is 2.25. The highest BCUT2D eigenvalue weighted by atomic mass is 16.5. The summed E-state index contributed by atoms with van der Waals surface area (Å²) in [6, 6.07) is 0. The molecule has 5 heteroatoms. The second-order valence-corrected chi connectivity index (χ2v) is 2.05. The molecule has 0 aromatic heterocycles. The molecule has 0 heterocycles. The second kappa shape index (κ2) is 13.0. The third kappa shape index (κ3) is 12.1.